The number of anilines is 1. The average Bonchev–Trinajstić information content (AvgIpc) is 2.70. The van der Waals surface area contributed by atoms with E-state index in [4.69, 9.17) is 0 Å². The molecule has 0 aromatic heterocycles. The molecule has 0 amide bonds. The summed E-state index contributed by atoms with van der Waals surface area (Å²) in [5.74, 6) is 0.0885. The van der Waals surface area contributed by atoms with Gasteiger partial charge < -0.3 is 0 Å². The Kier molecular flexibility index (Phi) is 2.95. The first-order valence-electron chi connectivity index (χ1n) is 5.57. The highest BCUT2D eigenvalue weighted by atomic mass is 32.2. The zero-order valence-electron chi connectivity index (χ0n) is 9.93. The molecule has 0 N–H and O–H groups in total. The summed E-state index contributed by atoms with van der Waals surface area (Å²) in [6, 6.07) is 5.24. The van der Waals surface area contributed by atoms with E-state index in [1.165, 1.54) is 10.6 Å². The molecule has 1 heterocycles. The largest absolute Gasteiger partial charge is 0.294 e. The molecule has 1 aliphatic rings. The Labute approximate surface area is 101 Å². The van der Waals surface area contributed by atoms with E-state index in [0.29, 0.717) is 30.6 Å². The summed E-state index contributed by atoms with van der Waals surface area (Å²) < 4.78 is 24.5. The van der Waals surface area contributed by atoms with Crippen LogP contribution in [0.3, 0.4) is 0 Å². The van der Waals surface area contributed by atoms with Crippen LogP contribution in [0.1, 0.15) is 29.3 Å². The number of benzene rings is 1. The number of fused-ring (bicyclic) bond motifs is 1. The Morgan fingerprint density at radius 3 is 2.71 bits per heavy atom. The SMILES string of the molecule is CCC(=O)c1ccc2c(c1)CCN2S(C)(=O)=O. The number of hydrogen-bond donors (Lipinski definition) is 0. The van der Waals surface area contributed by atoms with Crippen molar-refractivity contribution in [1.82, 2.24) is 0 Å². The first-order valence-corrected chi connectivity index (χ1v) is 7.42. The molecular weight excluding hydrogens is 238 g/mol. The maximum atomic E-state index is 11.6. The normalized spacial score (nSPS) is 14.8. The maximum Gasteiger partial charge on any atom is 0.232 e. The third-order valence-electron chi connectivity index (χ3n) is 2.98. The lowest BCUT2D eigenvalue weighted by Gasteiger charge is -2.16. The van der Waals surface area contributed by atoms with Gasteiger partial charge in [-0.3, -0.25) is 9.10 Å². The molecule has 5 heteroatoms. The molecule has 4 nitrogen and oxygen atoms in total. The van der Waals surface area contributed by atoms with Crippen molar-refractivity contribution in [2.75, 3.05) is 17.1 Å². The molecule has 1 aromatic carbocycles. The second kappa shape index (κ2) is 4.14. The minimum Gasteiger partial charge on any atom is -0.294 e. The van der Waals surface area contributed by atoms with Gasteiger partial charge in [0.2, 0.25) is 10.0 Å². The number of nitrogens with zero attached hydrogens (tertiary/aromatic N) is 1. The first kappa shape index (κ1) is 12.1. The third-order valence-corrected chi connectivity index (χ3v) is 4.16. The minimum atomic E-state index is -3.21. The molecule has 1 aliphatic heterocycles. The topological polar surface area (TPSA) is 54.5 Å². The molecule has 17 heavy (non-hydrogen) atoms. The molecule has 92 valence electrons. The standard InChI is InChI=1S/C12H15NO3S/c1-3-12(14)10-4-5-11-9(8-10)6-7-13(11)17(2,15)16/h4-5,8H,3,6-7H2,1-2H3. The summed E-state index contributed by atoms with van der Waals surface area (Å²) in [5, 5.41) is 0. The van der Waals surface area contributed by atoms with Crippen LogP contribution in [0.15, 0.2) is 18.2 Å². The zero-order valence-corrected chi connectivity index (χ0v) is 10.8. The van der Waals surface area contributed by atoms with Crippen molar-refractivity contribution in [2.24, 2.45) is 0 Å². The van der Waals surface area contributed by atoms with E-state index < -0.39 is 10.0 Å². The van der Waals surface area contributed by atoms with Crippen LogP contribution in [0.5, 0.6) is 0 Å². The van der Waals surface area contributed by atoms with Crippen LogP contribution < -0.4 is 4.31 Å². The van der Waals surface area contributed by atoms with Gasteiger partial charge in [-0.15, -0.1) is 0 Å². The highest BCUT2D eigenvalue weighted by Crippen LogP contribution is 2.30. The lowest BCUT2D eigenvalue weighted by Crippen LogP contribution is -2.27. The van der Waals surface area contributed by atoms with Crippen LogP contribution >= 0.6 is 0 Å². The predicted octanol–water partition coefficient (Wildman–Crippen LogP) is 1.60. The van der Waals surface area contributed by atoms with E-state index in [1.54, 1.807) is 12.1 Å². The second-order valence-corrected chi connectivity index (χ2v) is 6.11. The summed E-state index contributed by atoms with van der Waals surface area (Å²) >= 11 is 0. The number of ketones is 1. The predicted molar refractivity (Wildman–Crippen MR) is 67.0 cm³/mol. The van der Waals surface area contributed by atoms with Crippen molar-refractivity contribution in [3.63, 3.8) is 0 Å². The van der Waals surface area contributed by atoms with Gasteiger partial charge in [0.25, 0.3) is 0 Å². The molecule has 0 unspecified atom stereocenters. The highest BCUT2D eigenvalue weighted by molar-refractivity contribution is 7.92. The number of carbonyl (C=O) groups excluding carboxylic acids is 1. The summed E-state index contributed by atoms with van der Waals surface area (Å²) in [6.07, 6.45) is 2.34. The zero-order chi connectivity index (χ0) is 12.6. The van der Waals surface area contributed by atoms with Crippen LogP contribution in [0, 0.1) is 0 Å². The Morgan fingerprint density at radius 1 is 1.41 bits per heavy atom. The molecule has 0 fully saturated rings. The van der Waals surface area contributed by atoms with E-state index in [9.17, 15) is 13.2 Å². The Hall–Kier alpha value is -1.36. The van der Waals surface area contributed by atoms with E-state index in [2.05, 4.69) is 0 Å². The van der Waals surface area contributed by atoms with Crippen LogP contribution in [0.2, 0.25) is 0 Å². The fraction of sp³-hybridized carbons (Fsp3) is 0.417. The molecular formula is C12H15NO3S. The molecule has 0 spiro atoms. The van der Waals surface area contributed by atoms with Gasteiger partial charge in [0, 0.05) is 18.5 Å². The number of hydrogen-bond acceptors (Lipinski definition) is 3. The highest BCUT2D eigenvalue weighted by Gasteiger charge is 2.26. The Morgan fingerprint density at radius 2 is 2.12 bits per heavy atom. The Bertz CT molecular complexity index is 563. The Balaban J connectivity index is 2.42. The van der Waals surface area contributed by atoms with Gasteiger partial charge in [-0.05, 0) is 30.2 Å². The molecule has 0 saturated carbocycles. The van der Waals surface area contributed by atoms with E-state index in [-0.39, 0.29) is 5.78 Å². The van der Waals surface area contributed by atoms with Crippen LogP contribution in [0.4, 0.5) is 5.69 Å². The van der Waals surface area contributed by atoms with Crippen molar-refractivity contribution in [3.8, 4) is 0 Å². The summed E-state index contributed by atoms with van der Waals surface area (Å²) in [6.45, 7) is 2.29. The lowest BCUT2D eigenvalue weighted by atomic mass is 10.0. The maximum absolute atomic E-state index is 11.6. The van der Waals surface area contributed by atoms with Gasteiger partial charge in [0.05, 0.1) is 11.9 Å². The molecule has 0 atom stereocenters. The van der Waals surface area contributed by atoms with Gasteiger partial charge in [0.15, 0.2) is 5.78 Å². The van der Waals surface area contributed by atoms with Crippen LogP contribution in [-0.2, 0) is 16.4 Å². The van der Waals surface area contributed by atoms with E-state index in [1.807, 2.05) is 13.0 Å². The number of rotatable bonds is 3. The van der Waals surface area contributed by atoms with Crippen molar-refractivity contribution in [2.45, 2.75) is 19.8 Å². The molecule has 0 bridgehead atoms. The fourth-order valence-electron chi connectivity index (χ4n) is 2.09. The van der Waals surface area contributed by atoms with Crippen LogP contribution in [0.25, 0.3) is 0 Å². The smallest absolute Gasteiger partial charge is 0.232 e. The summed E-state index contributed by atoms with van der Waals surface area (Å²) in [7, 11) is -3.21. The van der Waals surface area contributed by atoms with Crippen molar-refractivity contribution in [1.29, 1.82) is 0 Å². The number of Topliss-reactive ketones (excluding diaryl/α,β-unsaturated/α-hetero) is 1. The van der Waals surface area contributed by atoms with Crippen molar-refractivity contribution in [3.05, 3.63) is 29.3 Å². The monoisotopic (exact) mass is 253 g/mol. The van der Waals surface area contributed by atoms with Crippen LogP contribution in [-0.4, -0.2) is 27.0 Å². The van der Waals surface area contributed by atoms with Gasteiger partial charge in [0.1, 0.15) is 0 Å². The van der Waals surface area contributed by atoms with Gasteiger partial charge in [-0.2, -0.15) is 0 Å². The second-order valence-electron chi connectivity index (χ2n) is 4.21. The minimum absolute atomic E-state index is 0.0885. The number of carbonyl (C=O) groups is 1. The summed E-state index contributed by atoms with van der Waals surface area (Å²) in [5.41, 5.74) is 2.32. The first-order chi connectivity index (χ1) is 7.93. The van der Waals surface area contributed by atoms with E-state index >= 15 is 0 Å². The van der Waals surface area contributed by atoms with Crippen molar-refractivity contribution < 1.29 is 13.2 Å². The molecule has 0 saturated heterocycles. The van der Waals surface area contributed by atoms with Gasteiger partial charge in [-0.25, -0.2) is 8.42 Å². The van der Waals surface area contributed by atoms with Gasteiger partial charge in [-0.1, -0.05) is 6.92 Å². The van der Waals surface area contributed by atoms with E-state index in [0.717, 1.165) is 5.56 Å². The third kappa shape index (κ3) is 2.20. The average molecular weight is 253 g/mol. The molecule has 0 radical (unpaired) electrons. The quantitative estimate of drug-likeness (QED) is 0.769. The lowest BCUT2D eigenvalue weighted by molar-refractivity contribution is 0.0988. The molecule has 0 aliphatic carbocycles. The molecule has 1 aromatic rings. The fourth-order valence-corrected chi connectivity index (χ4v) is 3.05. The summed E-state index contributed by atoms with van der Waals surface area (Å²) in [4.78, 5) is 11.6. The van der Waals surface area contributed by atoms with Crippen molar-refractivity contribution >= 4 is 21.5 Å². The van der Waals surface area contributed by atoms with Gasteiger partial charge >= 0.3 is 0 Å². The molecule has 2 rings (SSSR count). The number of sulfonamides is 1.